The van der Waals surface area contributed by atoms with Crippen molar-refractivity contribution in [1.82, 2.24) is 13.7 Å². The number of rotatable bonds is 8. The second-order valence-corrected chi connectivity index (χ2v) is 14.4. The zero-order valence-electron chi connectivity index (χ0n) is 28.6. The number of benzene rings is 6. The lowest BCUT2D eigenvalue weighted by Crippen LogP contribution is -2.07. The normalized spacial score (nSPS) is 15.5. The van der Waals surface area contributed by atoms with Crippen LogP contribution >= 0.6 is 0 Å². The number of fused-ring (bicyclic) bond motifs is 9. The van der Waals surface area contributed by atoms with Gasteiger partial charge in [0, 0.05) is 61.3 Å². The molecule has 3 aromatic heterocycles. The lowest BCUT2D eigenvalue weighted by atomic mass is 9.89. The largest absolute Gasteiger partial charge is 0.340 e. The molecule has 0 fully saturated rings. The molecule has 2 unspecified atom stereocenters. The van der Waals surface area contributed by atoms with Gasteiger partial charge in [0.2, 0.25) is 0 Å². The molecule has 6 aromatic carbocycles. The molecule has 0 saturated carbocycles. The van der Waals surface area contributed by atoms with Crippen LogP contribution in [0.15, 0.2) is 146 Å². The highest BCUT2D eigenvalue weighted by Gasteiger charge is 2.19. The topological polar surface area (TPSA) is 14.8 Å². The van der Waals surface area contributed by atoms with Gasteiger partial charge in [0.15, 0.2) is 0 Å². The molecule has 0 aliphatic heterocycles. The summed E-state index contributed by atoms with van der Waals surface area (Å²) in [6.07, 6.45) is 11.2. The molecular weight excluding hydrogens is 607 g/mol. The van der Waals surface area contributed by atoms with Gasteiger partial charge in [0.1, 0.15) is 0 Å². The summed E-state index contributed by atoms with van der Waals surface area (Å²) in [6.45, 7) is 3.48. The van der Waals surface area contributed by atoms with Crippen molar-refractivity contribution in [3.63, 3.8) is 0 Å². The van der Waals surface area contributed by atoms with E-state index in [2.05, 4.69) is 166 Å². The SMILES string of the molecule is CC(CCCCn1c2ccc(-n3c4ccccc4c4ccccc43)cc2c2cc(-n3c4ccccc4c4ccccc43)ccc21)C1C=CCC1. The minimum absolute atomic E-state index is 0.759. The third-order valence-electron chi connectivity index (χ3n) is 11.6. The van der Waals surface area contributed by atoms with E-state index < -0.39 is 0 Å². The number of allylic oxidation sites excluding steroid dienone is 2. The van der Waals surface area contributed by atoms with Crippen LogP contribution in [0, 0.1) is 11.8 Å². The van der Waals surface area contributed by atoms with E-state index >= 15 is 0 Å². The molecule has 0 N–H and O–H groups in total. The first-order chi connectivity index (χ1) is 24.7. The van der Waals surface area contributed by atoms with Gasteiger partial charge >= 0.3 is 0 Å². The molecule has 1 aliphatic rings. The average molecular weight is 648 g/mol. The summed E-state index contributed by atoms with van der Waals surface area (Å²) in [5.74, 6) is 1.52. The maximum atomic E-state index is 2.59. The average Bonchev–Trinajstić information content (AvgIpc) is 3.95. The number of hydrogen-bond donors (Lipinski definition) is 0. The third kappa shape index (κ3) is 4.56. The van der Waals surface area contributed by atoms with E-state index in [0.29, 0.717) is 0 Å². The van der Waals surface area contributed by atoms with Gasteiger partial charge in [-0.1, -0.05) is 105 Å². The second kappa shape index (κ2) is 11.8. The van der Waals surface area contributed by atoms with E-state index in [1.165, 1.54) is 109 Å². The number of nitrogens with zero attached hydrogens (tertiary/aromatic N) is 3. The molecule has 0 radical (unpaired) electrons. The van der Waals surface area contributed by atoms with Gasteiger partial charge < -0.3 is 13.7 Å². The Morgan fingerprint density at radius 1 is 0.520 bits per heavy atom. The Balaban J connectivity index is 1.14. The molecular formula is C47H41N3. The number of hydrogen-bond acceptors (Lipinski definition) is 0. The van der Waals surface area contributed by atoms with Crippen molar-refractivity contribution in [3.05, 3.63) is 146 Å². The summed E-state index contributed by atoms with van der Waals surface area (Å²) >= 11 is 0. The first-order valence-corrected chi connectivity index (χ1v) is 18.4. The maximum Gasteiger partial charge on any atom is 0.0541 e. The van der Waals surface area contributed by atoms with Crippen molar-refractivity contribution in [2.45, 2.75) is 45.6 Å². The van der Waals surface area contributed by atoms with Crippen molar-refractivity contribution in [2.75, 3.05) is 0 Å². The van der Waals surface area contributed by atoms with Gasteiger partial charge in [0.25, 0.3) is 0 Å². The smallest absolute Gasteiger partial charge is 0.0541 e. The molecule has 10 rings (SSSR count). The zero-order valence-corrected chi connectivity index (χ0v) is 28.6. The molecule has 244 valence electrons. The van der Waals surface area contributed by atoms with E-state index in [4.69, 9.17) is 0 Å². The van der Waals surface area contributed by atoms with Gasteiger partial charge in [0.05, 0.1) is 22.1 Å². The van der Waals surface area contributed by atoms with Crippen LogP contribution in [0.25, 0.3) is 76.8 Å². The fourth-order valence-corrected chi connectivity index (χ4v) is 9.08. The summed E-state index contributed by atoms with van der Waals surface area (Å²) in [7, 11) is 0. The molecule has 0 bridgehead atoms. The molecule has 3 nitrogen and oxygen atoms in total. The predicted molar refractivity (Wildman–Crippen MR) is 213 cm³/mol. The molecule has 2 atom stereocenters. The third-order valence-corrected chi connectivity index (χ3v) is 11.6. The quantitative estimate of drug-likeness (QED) is 0.115. The van der Waals surface area contributed by atoms with Crippen LogP contribution in [-0.4, -0.2) is 13.7 Å². The molecule has 9 aromatic rings. The maximum absolute atomic E-state index is 2.59. The molecule has 3 heteroatoms. The van der Waals surface area contributed by atoms with Crippen molar-refractivity contribution in [2.24, 2.45) is 11.8 Å². The molecule has 0 spiro atoms. The standard InChI is InChI=1S/C47H41N3/c1-32(33-15-2-3-16-33)14-12-13-29-48-42-27-25-34(49-44-21-8-4-17-36(44)37-18-5-9-22-45(37)49)30-40(42)41-31-35(26-28-43(41)48)50-46-23-10-6-19-38(46)39-20-7-11-24-47(39)50/h2,4-11,15,17-28,30-33H,3,12-14,16,29H2,1H3. The Hall–Kier alpha value is -5.54. The monoisotopic (exact) mass is 647 g/mol. The number of aryl methyl sites for hydroxylation is 1. The first-order valence-electron chi connectivity index (χ1n) is 18.4. The predicted octanol–water partition coefficient (Wildman–Crippen LogP) is 12.8. The summed E-state index contributed by atoms with van der Waals surface area (Å²) < 4.78 is 7.49. The Morgan fingerprint density at radius 3 is 1.42 bits per heavy atom. The van der Waals surface area contributed by atoms with Gasteiger partial charge in [-0.05, 0) is 91.8 Å². The van der Waals surface area contributed by atoms with Crippen LogP contribution in [0.1, 0.15) is 39.0 Å². The van der Waals surface area contributed by atoms with Gasteiger partial charge in [-0.2, -0.15) is 0 Å². The Labute approximate surface area is 292 Å². The zero-order chi connectivity index (χ0) is 33.2. The van der Waals surface area contributed by atoms with Gasteiger partial charge in [-0.3, -0.25) is 0 Å². The number of aromatic nitrogens is 3. The molecule has 0 saturated heterocycles. The highest BCUT2D eigenvalue weighted by Crippen LogP contribution is 2.38. The van der Waals surface area contributed by atoms with Crippen LogP contribution in [0.5, 0.6) is 0 Å². The van der Waals surface area contributed by atoms with E-state index in [1.54, 1.807) is 0 Å². The summed E-state index contributed by atoms with van der Waals surface area (Å²) in [5, 5.41) is 7.80. The Morgan fingerprint density at radius 2 is 0.980 bits per heavy atom. The highest BCUT2D eigenvalue weighted by atomic mass is 15.0. The fraction of sp³-hybridized carbons (Fsp3) is 0.191. The summed E-state index contributed by atoms with van der Waals surface area (Å²) in [6, 6.07) is 49.5. The summed E-state index contributed by atoms with van der Waals surface area (Å²) in [5.41, 5.74) is 10.0. The Kier molecular flexibility index (Phi) is 6.94. The second-order valence-electron chi connectivity index (χ2n) is 14.4. The highest BCUT2D eigenvalue weighted by molar-refractivity contribution is 6.13. The van der Waals surface area contributed by atoms with Crippen molar-refractivity contribution < 1.29 is 0 Å². The fourth-order valence-electron chi connectivity index (χ4n) is 9.08. The van der Waals surface area contributed by atoms with E-state index in [1.807, 2.05) is 0 Å². The number of para-hydroxylation sites is 4. The van der Waals surface area contributed by atoms with Crippen LogP contribution in [0.3, 0.4) is 0 Å². The molecule has 50 heavy (non-hydrogen) atoms. The lowest BCUT2D eigenvalue weighted by Gasteiger charge is -2.17. The van der Waals surface area contributed by atoms with Crippen LogP contribution in [0.4, 0.5) is 0 Å². The van der Waals surface area contributed by atoms with Gasteiger partial charge in [-0.15, -0.1) is 0 Å². The lowest BCUT2D eigenvalue weighted by molar-refractivity contribution is 0.378. The van der Waals surface area contributed by atoms with E-state index in [9.17, 15) is 0 Å². The minimum atomic E-state index is 0.759. The number of unbranched alkanes of at least 4 members (excludes halogenated alkanes) is 1. The van der Waals surface area contributed by atoms with Crippen LogP contribution < -0.4 is 0 Å². The molecule has 1 aliphatic carbocycles. The van der Waals surface area contributed by atoms with E-state index in [-0.39, 0.29) is 0 Å². The van der Waals surface area contributed by atoms with Crippen molar-refractivity contribution >= 4 is 65.4 Å². The first kappa shape index (κ1) is 29.4. The Bertz CT molecular complexity index is 2470. The van der Waals surface area contributed by atoms with Crippen LogP contribution in [-0.2, 0) is 6.54 Å². The van der Waals surface area contributed by atoms with E-state index in [0.717, 1.165) is 18.4 Å². The van der Waals surface area contributed by atoms with Gasteiger partial charge in [-0.25, -0.2) is 0 Å². The summed E-state index contributed by atoms with van der Waals surface area (Å²) in [4.78, 5) is 0. The molecule has 0 amide bonds. The minimum Gasteiger partial charge on any atom is -0.340 e. The molecule has 3 heterocycles. The van der Waals surface area contributed by atoms with Crippen molar-refractivity contribution in [3.8, 4) is 11.4 Å². The van der Waals surface area contributed by atoms with Crippen LogP contribution in [0.2, 0.25) is 0 Å². The van der Waals surface area contributed by atoms with Crippen molar-refractivity contribution in [1.29, 1.82) is 0 Å².